The smallest absolute Gasteiger partial charge is 0.339 e. The monoisotopic (exact) mass is 197 g/mol. The summed E-state index contributed by atoms with van der Waals surface area (Å²) >= 11 is 0. The Hall–Kier alpha value is -1.49. The van der Waals surface area contributed by atoms with Crippen LogP contribution in [0.4, 0.5) is 0 Å². The van der Waals surface area contributed by atoms with E-state index in [0.29, 0.717) is 18.7 Å². The number of hydrogen-bond acceptors (Lipinski definition) is 4. The van der Waals surface area contributed by atoms with Crippen molar-refractivity contribution in [2.45, 2.75) is 6.54 Å². The fraction of sp³-hybridized carbons (Fsp3) is 0.444. The highest BCUT2D eigenvalue weighted by Gasteiger charge is 2.08. The molecule has 0 radical (unpaired) electrons. The van der Waals surface area contributed by atoms with Crippen molar-refractivity contribution < 1.29 is 19.0 Å². The van der Waals surface area contributed by atoms with Crippen LogP contribution in [0.5, 0.6) is 0 Å². The van der Waals surface area contributed by atoms with E-state index in [-0.39, 0.29) is 5.97 Å². The van der Waals surface area contributed by atoms with Gasteiger partial charge in [-0.1, -0.05) is 4.68 Å². The summed E-state index contributed by atoms with van der Waals surface area (Å²) in [5, 5.41) is 4.02. The molecule has 0 aliphatic heterocycles. The topological polar surface area (TPSA) is 52.3 Å². The van der Waals surface area contributed by atoms with E-state index in [0.717, 1.165) is 0 Å². The molecule has 0 saturated heterocycles. The molecule has 0 aliphatic carbocycles. The lowest BCUT2D eigenvalue weighted by Crippen LogP contribution is -2.39. The highest BCUT2D eigenvalue weighted by Crippen LogP contribution is 1.94. The number of aromatic nitrogens is 2. The summed E-state index contributed by atoms with van der Waals surface area (Å²) in [6.07, 6.45) is 3.19. The molecule has 0 aliphatic rings. The van der Waals surface area contributed by atoms with Gasteiger partial charge >= 0.3 is 5.97 Å². The molecule has 0 amide bonds. The van der Waals surface area contributed by atoms with Gasteiger partial charge in [0.05, 0.1) is 12.7 Å². The Morgan fingerprint density at radius 2 is 2.36 bits per heavy atom. The molecule has 14 heavy (non-hydrogen) atoms. The van der Waals surface area contributed by atoms with Crippen LogP contribution in [0.2, 0.25) is 0 Å². The molecule has 0 atom stereocenters. The van der Waals surface area contributed by atoms with Crippen molar-refractivity contribution in [1.82, 2.24) is 5.10 Å². The Balaban J connectivity index is 2.63. The first-order valence-corrected chi connectivity index (χ1v) is 4.21. The van der Waals surface area contributed by atoms with Crippen LogP contribution in [-0.4, -0.2) is 31.9 Å². The number of carbonyl (C=O) groups excluding carboxylic acids is 1. The van der Waals surface area contributed by atoms with E-state index in [1.807, 2.05) is 0 Å². The van der Waals surface area contributed by atoms with E-state index < -0.39 is 0 Å². The Labute approximate surface area is 82.3 Å². The van der Waals surface area contributed by atoms with Crippen molar-refractivity contribution in [1.29, 1.82) is 0 Å². The molecule has 0 spiro atoms. The molecule has 0 fully saturated rings. The fourth-order valence-corrected chi connectivity index (χ4v) is 0.940. The number of ether oxygens (including phenoxy) is 2. The lowest BCUT2D eigenvalue weighted by Gasteiger charge is -1.96. The van der Waals surface area contributed by atoms with Gasteiger partial charge in [-0.15, -0.1) is 0 Å². The highest BCUT2D eigenvalue weighted by atomic mass is 16.5. The number of carbonyl (C=O) groups is 1. The Bertz CT molecular complexity index is 297. The second-order valence-electron chi connectivity index (χ2n) is 2.66. The van der Waals surface area contributed by atoms with Gasteiger partial charge in [0.15, 0.2) is 12.7 Å². The lowest BCUT2D eigenvalue weighted by atomic mass is 10.3. The summed E-state index contributed by atoms with van der Waals surface area (Å²) < 4.78 is 11.1. The Morgan fingerprint density at radius 1 is 1.57 bits per heavy atom. The summed E-state index contributed by atoms with van der Waals surface area (Å²) in [5.41, 5.74) is 0.446. The zero-order chi connectivity index (χ0) is 10.4. The molecule has 0 aromatic carbocycles. The van der Waals surface area contributed by atoms with Crippen molar-refractivity contribution >= 4 is 5.97 Å². The van der Waals surface area contributed by atoms with Crippen molar-refractivity contribution in [3.63, 3.8) is 0 Å². The van der Waals surface area contributed by atoms with Gasteiger partial charge in [-0.3, -0.25) is 0 Å². The second-order valence-corrected chi connectivity index (χ2v) is 2.66. The molecule has 0 unspecified atom stereocenters. The van der Waals surface area contributed by atoms with Gasteiger partial charge in [-0.05, 0) is 5.10 Å². The predicted octanol–water partition coefficient (Wildman–Crippen LogP) is -0.198. The first-order chi connectivity index (χ1) is 6.77. The van der Waals surface area contributed by atoms with Crippen LogP contribution in [0.3, 0.4) is 0 Å². The number of hydrogen-bond donors (Lipinski definition) is 0. The van der Waals surface area contributed by atoms with E-state index in [9.17, 15) is 4.79 Å². The van der Waals surface area contributed by atoms with Crippen LogP contribution in [0.25, 0.3) is 0 Å². The molecular weight excluding hydrogens is 184 g/mol. The summed E-state index contributed by atoms with van der Waals surface area (Å²) in [6.45, 7) is 1.26. The molecule has 76 valence electrons. The summed E-state index contributed by atoms with van der Waals surface area (Å²) in [5.74, 6) is -0.378. The van der Waals surface area contributed by atoms with Crippen molar-refractivity contribution in [3.8, 4) is 0 Å². The normalized spacial score (nSPS) is 9.86. The van der Waals surface area contributed by atoms with Gasteiger partial charge in [0, 0.05) is 13.2 Å². The van der Waals surface area contributed by atoms with Crippen LogP contribution in [-0.2, 0) is 16.0 Å². The summed E-state index contributed by atoms with van der Waals surface area (Å²) in [6, 6.07) is 1.66. The third-order valence-electron chi connectivity index (χ3n) is 1.72. The first-order valence-electron chi connectivity index (χ1n) is 4.21. The molecule has 1 rings (SSSR count). The average molecular weight is 197 g/mol. The predicted molar refractivity (Wildman–Crippen MR) is 47.6 cm³/mol. The number of methoxy groups -OCH3 is 2. The third-order valence-corrected chi connectivity index (χ3v) is 1.72. The van der Waals surface area contributed by atoms with E-state index in [1.54, 1.807) is 24.1 Å². The maximum atomic E-state index is 11.0. The maximum absolute atomic E-state index is 11.0. The van der Waals surface area contributed by atoms with Crippen LogP contribution in [0, 0.1) is 0 Å². The standard InChI is InChI=1S/C9H13N2O3/c1-13-6-5-11-4-3-8(7-10-11)9(12)14-2/h3-4,7H,5-6H2,1-2H3/q+1. The quantitative estimate of drug-likeness (QED) is 0.495. The zero-order valence-electron chi connectivity index (χ0n) is 8.27. The van der Waals surface area contributed by atoms with Crippen molar-refractivity contribution in [2.75, 3.05) is 20.8 Å². The van der Waals surface area contributed by atoms with Crippen molar-refractivity contribution in [3.05, 3.63) is 24.0 Å². The molecular formula is C9H13N2O3+. The Kier molecular flexibility index (Phi) is 4.00. The van der Waals surface area contributed by atoms with Gasteiger partial charge in [-0.25, -0.2) is 4.79 Å². The lowest BCUT2D eigenvalue weighted by molar-refractivity contribution is -0.754. The molecule has 0 N–H and O–H groups in total. The van der Waals surface area contributed by atoms with Gasteiger partial charge in [0.2, 0.25) is 0 Å². The van der Waals surface area contributed by atoms with Crippen LogP contribution in [0.1, 0.15) is 10.4 Å². The SMILES string of the molecule is COCC[n+]1ccc(C(=O)OC)cn1. The minimum absolute atomic E-state index is 0.378. The second kappa shape index (κ2) is 5.29. The minimum atomic E-state index is -0.378. The molecule has 0 bridgehead atoms. The zero-order valence-corrected chi connectivity index (χ0v) is 8.27. The summed E-state index contributed by atoms with van der Waals surface area (Å²) in [4.78, 5) is 11.0. The largest absolute Gasteiger partial charge is 0.465 e. The van der Waals surface area contributed by atoms with Crippen molar-refractivity contribution in [2.24, 2.45) is 0 Å². The van der Waals surface area contributed by atoms with Crippen LogP contribution >= 0.6 is 0 Å². The molecule has 5 heteroatoms. The number of rotatable bonds is 4. The molecule has 1 aromatic heterocycles. The molecule has 0 saturated carbocycles. The average Bonchev–Trinajstić information content (AvgIpc) is 2.26. The molecule has 1 heterocycles. The van der Waals surface area contributed by atoms with Gasteiger partial charge in [0.25, 0.3) is 0 Å². The van der Waals surface area contributed by atoms with E-state index in [4.69, 9.17) is 4.74 Å². The number of esters is 1. The van der Waals surface area contributed by atoms with Crippen LogP contribution < -0.4 is 4.68 Å². The molecule has 1 aromatic rings. The fourth-order valence-electron chi connectivity index (χ4n) is 0.940. The van der Waals surface area contributed by atoms with Gasteiger partial charge in [-0.2, -0.15) is 0 Å². The summed E-state index contributed by atoms with van der Waals surface area (Å²) in [7, 11) is 2.97. The first kappa shape index (κ1) is 10.6. The van der Waals surface area contributed by atoms with Crippen LogP contribution in [0.15, 0.2) is 18.5 Å². The van der Waals surface area contributed by atoms with E-state index in [2.05, 4.69) is 9.84 Å². The van der Waals surface area contributed by atoms with E-state index >= 15 is 0 Å². The van der Waals surface area contributed by atoms with Gasteiger partial charge < -0.3 is 9.47 Å². The number of nitrogens with zero attached hydrogens (tertiary/aromatic N) is 2. The minimum Gasteiger partial charge on any atom is -0.465 e. The molecule has 5 nitrogen and oxygen atoms in total. The third kappa shape index (κ3) is 2.77. The maximum Gasteiger partial charge on any atom is 0.339 e. The highest BCUT2D eigenvalue weighted by molar-refractivity contribution is 5.88. The van der Waals surface area contributed by atoms with E-state index in [1.165, 1.54) is 13.3 Å². The van der Waals surface area contributed by atoms with Gasteiger partial charge in [0.1, 0.15) is 12.8 Å². The Morgan fingerprint density at radius 3 is 2.86 bits per heavy atom.